The van der Waals surface area contributed by atoms with Gasteiger partial charge in [-0.2, -0.15) is 0 Å². The normalized spacial score (nSPS) is 15.7. The van der Waals surface area contributed by atoms with Crippen LogP contribution in [-0.2, 0) is 11.3 Å². The number of ether oxygens (including phenoxy) is 1. The monoisotopic (exact) mass is 512 g/mol. The predicted octanol–water partition coefficient (Wildman–Crippen LogP) is 4.90. The lowest BCUT2D eigenvalue weighted by atomic mass is 10.0. The largest absolute Gasteiger partial charge is 0.444 e. The summed E-state index contributed by atoms with van der Waals surface area (Å²) in [6, 6.07) is 21.5. The Morgan fingerprint density at radius 1 is 1.05 bits per heavy atom. The maximum absolute atomic E-state index is 13.6. The molecule has 38 heavy (non-hydrogen) atoms. The zero-order chi connectivity index (χ0) is 27.0. The van der Waals surface area contributed by atoms with E-state index in [-0.39, 0.29) is 11.7 Å². The van der Waals surface area contributed by atoms with Crippen LogP contribution in [0.1, 0.15) is 48.8 Å². The van der Waals surface area contributed by atoms with E-state index >= 15 is 0 Å². The number of carbonyl (C=O) groups is 2. The van der Waals surface area contributed by atoms with Crippen LogP contribution in [0.5, 0.6) is 0 Å². The van der Waals surface area contributed by atoms with Crippen LogP contribution >= 0.6 is 0 Å². The summed E-state index contributed by atoms with van der Waals surface area (Å²) in [5.74, 6) is -0.226. The van der Waals surface area contributed by atoms with Crippen LogP contribution in [-0.4, -0.2) is 57.2 Å². The molecular formula is C30H32N4O4. The third-order valence-corrected chi connectivity index (χ3v) is 6.70. The average Bonchev–Trinajstić information content (AvgIpc) is 3.46. The maximum atomic E-state index is 13.6. The van der Waals surface area contributed by atoms with E-state index in [0.717, 1.165) is 27.2 Å². The molecule has 0 aliphatic carbocycles. The van der Waals surface area contributed by atoms with Gasteiger partial charge in [0, 0.05) is 36.1 Å². The first-order valence-corrected chi connectivity index (χ1v) is 12.8. The first kappa shape index (κ1) is 25.5. The van der Waals surface area contributed by atoms with E-state index < -0.39 is 17.8 Å². The standard InChI is InChI=1S/C30H32N4O4/c1-30(2,3)38-29(37)32-27(31)21-12-11-20-15-26(28(36)33-14-13-23(35)18-33)34(25(20)16-21)17-22-9-6-8-19-7-4-5-10-24(19)22/h4-12,15-16,23,35H,13-14,17-18H2,1-3H3,(H2,31,32,37)/t23-/m0/s1. The molecule has 1 atom stereocenters. The van der Waals surface area contributed by atoms with Gasteiger partial charge in [-0.3, -0.25) is 15.5 Å². The lowest BCUT2D eigenvalue weighted by molar-refractivity contribution is 0.0562. The van der Waals surface area contributed by atoms with Crippen LogP contribution in [0.25, 0.3) is 21.7 Å². The van der Waals surface area contributed by atoms with Crippen LogP contribution < -0.4 is 5.32 Å². The molecule has 0 radical (unpaired) electrons. The average molecular weight is 513 g/mol. The zero-order valence-electron chi connectivity index (χ0n) is 21.8. The second-order valence-electron chi connectivity index (χ2n) is 10.7. The third kappa shape index (κ3) is 5.26. The number of amidine groups is 1. The number of benzene rings is 3. The number of β-amino-alcohol motifs (C(OH)–C–C–N with tert-alkyl or cyclic N) is 1. The fraction of sp³-hybridized carbons (Fsp3) is 0.300. The van der Waals surface area contributed by atoms with Gasteiger partial charge in [-0.05, 0) is 55.7 Å². The van der Waals surface area contributed by atoms with Crippen molar-refractivity contribution in [2.45, 2.75) is 45.4 Å². The molecule has 5 rings (SSSR count). The Bertz CT molecular complexity index is 1540. The summed E-state index contributed by atoms with van der Waals surface area (Å²) in [7, 11) is 0. The number of amides is 2. The predicted molar refractivity (Wildman–Crippen MR) is 148 cm³/mol. The number of hydrogen-bond acceptors (Lipinski definition) is 5. The number of rotatable bonds is 4. The molecule has 1 aromatic heterocycles. The van der Waals surface area contributed by atoms with E-state index in [1.807, 2.05) is 41.0 Å². The van der Waals surface area contributed by atoms with Crippen molar-refractivity contribution in [3.63, 3.8) is 0 Å². The Kier molecular flexibility index (Phi) is 6.67. The van der Waals surface area contributed by atoms with Gasteiger partial charge in [0.05, 0.1) is 6.10 Å². The van der Waals surface area contributed by atoms with Crippen molar-refractivity contribution in [1.82, 2.24) is 14.8 Å². The number of aliphatic hydroxyl groups is 1. The Morgan fingerprint density at radius 3 is 2.55 bits per heavy atom. The molecule has 3 N–H and O–H groups in total. The first-order chi connectivity index (χ1) is 18.1. The van der Waals surface area contributed by atoms with Crippen LogP contribution in [0.3, 0.4) is 0 Å². The van der Waals surface area contributed by atoms with E-state index in [1.165, 1.54) is 0 Å². The van der Waals surface area contributed by atoms with Crippen LogP contribution in [0, 0.1) is 5.41 Å². The molecule has 1 aliphatic rings. The number of nitrogens with zero attached hydrogens (tertiary/aromatic N) is 2. The molecule has 4 aromatic rings. The summed E-state index contributed by atoms with van der Waals surface area (Å²) in [6.07, 6.45) is -0.648. The molecule has 196 valence electrons. The van der Waals surface area contributed by atoms with Gasteiger partial charge in [0.15, 0.2) is 0 Å². The van der Waals surface area contributed by atoms with E-state index in [2.05, 4.69) is 29.6 Å². The van der Waals surface area contributed by atoms with Gasteiger partial charge in [0.2, 0.25) is 0 Å². The van der Waals surface area contributed by atoms with Crippen molar-refractivity contribution in [2.24, 2.45) is 0 Å². The fourth-order valence-electron chi connectivity index (χ4n) is 4.92. The molecule has 0 bridgehead atoms. The van der Waals surface area contributed by atoms with Gasteiger partial charge >= 0.3 is 6.09 Å². The highest BCUT2D eigenvalue weighted by molar-refractivity contribution is 6.07. The number of hydrogen-bond donors (Lipinski definition) is 3. The second kappa shape index (κ2) is 9.95. The summed E-state index contributed by atoms with van der Waals surface area (Å²) in [6.45, 7) is 6.55. The van der Waals surface area contributed by atoms with E-state index in [4.69, 9.17) is 10.1 Å². The van der Waals surface area contributed by atoms with Crippen LogP contribution in [0.4, 0.5) is 4.79 Å². The Labute approximate surface area is 221 Å². The molecule has 0 spiro atoms. The van der Waals surface area contributed by atoms with Gasteiger partial charge in [0.1, 0.15) is 17.1 Å². The van der Waals surface area contributed by atoms with Gasteiger partial charge in [-0.1, -0.05) is 54.6 Å². The minimum Gasteiger partial charge on any atom is -0.444 e. The van der Waals surface area contributed by atoms with Gasteiger partial charge in [-0.25, -0.2) is 4.79 Å². The van der Waals surface area contributed by atoms with Gasteiger partial charge in [0.25, 0.3) is 5.91 Å². The highest BCUT2D eigenvalue weighted by Gasteiger charge is 2.28. The lowest BCUT2D eigenvalue weighted by Gasteiger charge is -2.20. The smallest absolute Gasteiger partial charge is 0.413 e. The zero-order valence-corrected chi connectivity index (χ0v) is 21.8. The number of alkyl carbamates (subject to hydrolysis) is 1. The molecule has 1 aliphatic heterocycles. The topological polar surface area (TPSA) is 108 Å². The summed E-state index contributed by atoms with van der Waals surface area (Å²) in [5, 5.41) is 24.1. The van der Waals surface area contributed by atoms with Crippen molar-refractivity contribution in [2.75, 3.05) is 13.1 Å². The van der Waals surface area contributed by atoms with Crippen LogP contribution in [0.15, 0.2) is 66.7 Å². The Balaban J connectivity index is 1.56. The number of aromatic nitrogens is 1. The second-order valence-corrected chi connectivity index (χ2v) is 10.7. The van der Waals surface area contributed by atoms with Crippen molar-refractivity contribution >= 4 is 39.5 Å². The summed E-state index contributed by atoms with van der Waals surface area (Å²) >= 11 is 0. The summed E-state index contributed by atoms with van der Waals surface area (Å²) in [4.78, 5) is 27.6. The number of likely N-dealkylation sites (tertiary alicyclic amines) is 1. The fourth-order valence-corrected chi connectivity index (χ4v) is 4.92. The van der Waals surface area contributed by atoms with E-state index in [1.54, 1.807) is 31.7 Å². The first-order valence-electron chi connectivity index (χ1n) is 12.8. The molecule has 8 nitrogen and oxygen atoms in total. The van der Waals surface area contributed by atoms with E-state index in [9.17, 15) is 14.7 Å². The van der Waals surface area contributed by atoms with Crippen molar-refractivity contribution in [3.05, 3.63) is 83.6 Å². The third-order valence-electron chi connectivity index (χ3n) is 6.70. The molecule has 2 heterocycles. The molecule has 3 aromatic carbocycles. The summed E-state index contributed by atoms with van der Waals surface area (Å²) in [5.41, 5.74) is 2.17. The summed E-state index contributed by atoms with van der Waals surface area (Å²) < 4.78 is 7.26. The quantitative estimate of drug-likeness (QED) is 0.267. The van der Waals surface area contributed by atoms with Gasteiger partial charge in [-0.15, -0.1) is 0 Å². The molecular weight excluding hydrogens is 480 g/mol. The maximum Gasteiger partial charge on any atom is 0.413 e. The molecule has 2 amide bonds. The number of nitrogens with one attached hydrogen (secondary N) is 2. The minimum absolute atomic E-state index is 0.0883. The van der Waals surface area contributed by atoms with Crippen LogP contribution in [0.2, 0.25) is 0 Å². The lowest BCUT2D eigenvalue weighted by Crippen LogP contribution is -2.36. The Morgan fingerprint density at radius 2 is 1.82 bits per heavy atom. The highest BCUT2D eigenvalue weighted by atomic mass is 16.6. The number of fused-ring (bicyclic) bond motifs is 2. The molecule has 8 heteroatoms. The molecule has 0 unspecified atom stereocenters. The van der Waals surface area contributed by atoms with Crippen molar-refractivity contribution in [3.8, 4) is 0 Å². The number of carbonyl (C=O) groups excluding carboxylic acids is 2. The SMILES string of the molecule is CC(C)(C)OC(=O)NC(=N)c1ccc2cc(C(=O)N3CC[C@H](O)C3)n(Cc3cccc4ccccc34)c2c1. The van der Waals surface area contributed by atoms with E-state index in [0.29, 0.717) is 37.3 Å². The molecule has 0 saturated carbocycles. The molecule has 1 saturated heterocycles. The Hall–Kier alpha value is -4.17. The van der Waals surface area contributed by atoms with Crippen molar-refractivity contribution < 1.29 is 19.4 Å². The molecule has 1 fully saturated rings. The highest BCUT2D eigenvalue weighted by Crippen LogP contribution is 2.27. The van der Waals surface area contributed by atoms with Crippen molar-refractivity contribution in [1.29, 1.82) is 5.41 Å². The number of aliphatic hydroxyl groups excluding tert-OH is 1. The minimum atomic E-state index is -0.697. The van der Waals surface area contributed by atoms with Gasteiger partial charge < -0.3 is 19.3 Å².